The van der Waals surface area contributed by atoms with Gasteiger partial charge in [0.25, 0.3) is 0 Å². The van der Waals surface area contributed by atoms with Gasteiger partial charge in [0.15, 0.2) is 0 Å². The van der Waals surface area contributed by atoms with E-state index in [0.29, 0.717) is 0 Å². The van der Waals surface area contributed by atoms with Crippen LogP contribution in [0.4, 0.5) is 0 Å². The van der Waals surface area contributed by atoms with Crippen LogP contribution in [0.3, 0.4) is 0 Å². The Hall–Kier alpha value is -0.870. The standard InChI is InChI=1S/C13H23N3O/c1-3-5-12(17)11(4-2)16-9-8-15-7-6-14-13(15)10-16/h6-7,11-12,17H,3-5,8-10H2,1-2H3. The molecular weight excluding hydrogens is 214 g/mol. The predicted molar refractivity (Wildman–Crippen MR) is 67.6 cm³/mol. The minimum Gasteiger partial charge on any atom is -0.391 e. The van der Waals surface area contributed by atoms with Crippen LogP contribution >= 0.6 is 0 Å². The van der Waals surface area contributed by atoms with E-state index in [1.54, 1.807) is 0 Å². The molecule has 1 N–H and O–H groups in total. The molecule has 2 heterocycles. The van der Waals surface area contributed by atoms with Gasteiger partial charge in [-0.2, -0.15) is 0 Å². The summed E-state index contributed by atoms with van der Waals surface area (Å²) in [6.07, 6.45) is 6.63. The summed E-state index contributed by atoms with van der Waals surface area (Å²) in [6.45, 7) is 7.16. The molecule has 1 aromatic rings. The highest BCUT2D eigenvalue weighted by molar-refractivity contribution is 4.97. The minimum absolute atomic E-state index is 0.202. The van der Waals surface area contributed by atoms with Crippen molar-refractivity contribution in [2.75, 3.05) is 6.54 Å². The molecule has 2 atom stereocenters. The van der Waals surface area contributed by atoms with Crippen molar-refractivity contribution in [2.24, 2.45) is 0 Å². The van der Waals surface area contributed by atoms with Crippen LogP contribution in [-0.2, 0) is 13.1 Å². The van der Waals surface area contributed by atoms with Crippen LogP contribution in [0.1, 0.15) is 38.9 Å². The second-order valence-electron chi connectivity index (χ2n) is 4.84. The summed E-state index contributed by atoms with van der Waals surface area (Å²) < 4.78 is 2.20. The Kier molecular flexibility index (Phi) is 4.18. The number of hydrogen-bond donors (Lipinski definition) is 1. The molecule has 4 nitrogen and oxygen atoms in total. The monoisotopic (exact) mass is 237 g/mol. The molecule has 1 aromatic heterocycles. The van der Waals surface area contributed by atoms with Gasteiger partial charge in [-0.25, -0.2) is 4.98 Å². The first-order chi connectivity index (χ1) is 8.26. The van der Waals surface area contributed by atoms with Gasteiger partial charge in [-0.3, -0.25) is 4.90 Å². The fraction of sp³-hybridized carbons (Fsp3) is 0.769. The molecule has 0 fully saturated rings. The molecule has 0 saturated heterocycles. The third-order valence-corrected chi connectivity index (χ3v) is 3.69. The molecule has 2 unspecified atom stereocenters. The van der Waals surface area contributed by atoms with Crippen molar-refractivity contribution in [3.05, 3.63) is 18.2 Å². The predicted octanol–water partition coefficient (Wildman–Crippen LogP) is 1.64. The Balaban J connectivity index is 2.02. The van der Waals surface area contributed by atoms with Crippen molar-refractivity contribution >= 4 is 0 Å². The normalized spacial score (nSPS) is 19.9. The molecule has 0 aromatic carbocycles. The first-order valence-corrected chi connectivity index (χ1v) is 6.68. The lowest BCUT2D eigenvalue weighted by Crippen LogP contribution is -2.46. The fourth-order valence-corrected chi connectivity index (χ4v) is 2.74. The highest BCUT2D eigenvalue weighted by Gasteiger charge is 2.27. The first kappa shape index (κ1) is 12.6. The maximum absolute atomic E-state index is 10.2. The molecule has 4 heteroatoms. The van der Waals surface area contributed by atoms with Gasteiger partial charge in [-0.1, -0.05) is 20.3 Å². The van der Waals surface area contributed by atoms with Gasteiger partial charge in [0.05, 0.1) is 12.6 Å². The van der Waals surface area contributed by atoms with Crippen LogP contribution < -0.4 is 0 Å². The van der Waals surface area contributed by atoms with Crippen molar-refractivity contribution in [1.82, 2.24) is 14.5 Å². The number of aliphatic hydroxyl groups is 1. The summed E-state index contributed by atoms with van der Waals surface area (Å²) in [4.78, 5) is 6.75. The van der Waals surface area contributed by atoms with Crippen molar-refractivity contribution in [3.8, 4) is 0 Å². The zero-order valence-corrected chi connectivity index (χ0v) is 10.8. The molecule has 1 aliphatic rings. The number of aliphatic hydroxyl groups excluding tert-OH is 1. The van der Waals surface area contributed by atoms with E-state index in [9.17, 15) is 5.11 Å². The maximum Gasteiger partial charge on any atom is 0.122 e. The van der Waals surface area contributed by atoms with E-state index in [0.717, 1.165) is 44.7 Å². The molecule has 0 radical (unpaired) electrons. The van der Waals surface area contributed by atoms with E-state index in [-0.39, 0.29) is 12.1 Å². The Morgan fingerprint density at radius 1 is 1.41 bits per heavy atom. The Bertz CT molecular complexity index is 350. The van der Waals surface area contributed by atoms with E-state index < -0.39 is 0 Å². The lowest BCUT2D eigenvalue weighted by molar-refractivity contribution is 0.0257. The smallest absolute Gasteiger partial charge is 0.122 e. The molecule has 1 aliphatic heterocycles. The van der Waals surface area contributed by atoms with E-state index in [2.05, 4.69) is 28.3 Å². The zero-order chi connectivity index (χ0) is 12.3. The largest absolute Gasteiger partial charge is 0.391 e. The summed E-state index contributed by atoms with van der Waals surface area (Å²) in [7, 11) is 0. The van der Waals surface area contributed by atoms with Crippen LogP contribution in [0.2, 0.25) is 0 Å². The van der Waals surface area contributed by atoms with Crippen LogP contribution in [0.5, 0.6) is 0 Å². The van der Waals surface area contributed by atoms with Crippen LogP contribution in [0.15, 0.2) is 12.4 Å². The number of fused-ring (bicyclic) bond motifs is 1. The topological polar surface area (TPSA) is 41.3 Å². The number of imidazole rings is 1. The highest BCUT2D eigenvalue weighted by Crippen LogP contribution is 2.19. The highest BCUT2D eigenvalue weighted by atomic mass is 16.3. The lowest BCUT2D eigenvalue weighted by Gasteiger charge is -2.36. The average Bonchev–Trinajstić information content (AvgIpc) is 2.77. The Morgan fingerprint density at radius 2 is 2.24 bits per heavy atom. The van der Waals surface area contributed by atoms with Crippen LogP contribution in [-0.4, -0.2) is 38.2 Å². The van der Waals surface area contributed by atoms with Gasteiger partial charge in [0.2, 0.25) is 0 Å². The number of aromatic nitrogens is 2. The van der Waals surface area contributed by atoms with E-state index in [1.165, 1.54) is 0 Å². The Morgan fingerprint density at radius 3 is 2.94 bits per heavy atom. The number of nitrogens with zero attached hydrogens (tertiary/aromatic N) is 3. The third kappa shape index (κ3) is 2.69. The van der Waals surface area contributed by atoms with Gasteiger partial charge in [0.1, 0.15) is 5.82 Å². The number of hydrogen-bond acceptors (Lipinski definition) is 3. The minimum atomic E-state index is -0.202. The average molecular weight is 237 g/mol. The second-order valence-corrected chi connectivity index (χ2v) is 4.84. The molecule has 0 spiro atoms. The Labute approximate surface area is 103 Å². The molecule has 0 aliphatic carbocycles. The number of rotatable bonds is 5. The van der Waals surface area contributed by atoms with Crippen LogP contribution in [0.25, 0.3) is 0 Å². The van der Waals surface area contributed by atoms with E-state index in [4.69, 9.17) is 0 Å². The van der Waals surface area contributed by atoms with Crippen molar-refractivity contribution < 1.29 is 5.11 Å². The fourth-order valence-electron chi connectivity index (χ4n) is 2.74. The molecule has 2 rings (SSSR count). The van der Waals surface area contributed by atoms with Gasteiger partial charge in [-0.05, 0) is 12.8 Å². The van der Waals surface area contributed by atoms with Crippen molar-refractivity contribution in [1.29, 1.82) is 0 Å². The molecule has 17 heavy (non-hydrogen) atoms. The molecule has 0 bridgehead atoms. The van der Waals surface area contributed by atoms with Crippen molar-refractivity contribution in [3.63, 3.8) is 0 Å². The maximum atomic E-state index is 10.2. The van der Waals surface area contributed by atoms with E-state index in [1.807, 2.05) is 12.4 Å². The summed E-state index contributed by atoms with van der Waals surface area (Å²) in [5, 5.41) is 10.2. The summed E-state index contributed by atoms with van der Waals surface area (Å²) in [6, 6.07) is 0.278. The summed E-state index contributed by atoms with van der Waals surface area (Å²) in [5.41, 5.74) is 0. The van der Waals surface area contributed by atoms with E-state index >= 15 is 0 Å². The zero-order valence-electron chi connectivity index (χ0n) is 10.8. The molecular formula is C13H23N3O. The van der Waals surface area contributed by atoms with Crippen molar-refractivity contribution in [2.45, 2.75) is 58.3 Å². The second kappa shape index (κ2) is 5.65. The quantitative estimate of drug-likeness (QED) is 0.846. The lowest BCUT2D eigenvalue weighted by atomic mass is 10.0. The molecule has 0 saturated carbocycles. The third-order valence-electron chi connectivity index (χ3n) is 3.69. The van der Waals surface area contributed by atoms with Gasteiger partial charge >= 0.3 is 0 Å². The van der Waals surface area contributed by atoms with Gasteiger partial charge < -0.3 is 9.67 Å². The summed E-state index contributed by atoms with van der Waals surface area (Å²) >= 11 is 0. The molecule has 0 amide bonds. The molecule has 96 valence electrons. The SMILES string of the molecule is CCCC(O)C(CC)N1CCn2ccnc2C1. The van der Waals surface area contributed by atoms with Crippen LogP contribution in [0, 0.1) is 0 Å². The summed E-state index contributed by atoms with van der Waals surface area (Å²) in [5.74, 6) is 1.12. The van der Waals surface area contributed by atoms with Gasteiger partial charge in [0, 0.05) is 31.5 Å². The van der Waals surface area contributed by atoms with Gasteiger partial charge in [-0.15, -0.1) is 0 Å². The first-order valence-electron chi connectivity index (χ1n) is 6.68.